The van der Waals surface area contributed by atoms with Crippen LogP contribution in [0.4, 0.5) is 0 Å². The van der Waals surface area contributed by atoms with Crippen LogP contribution in [0, 0.1) is 0 Å². The molecule has 0 unspecified atom stereocenters. The fourth-order valence-corrected chi connectivity index (χ4v) is 1.72. The van der Waals surface area contributed by atoms with Crippen LogP contribution < -0.4 is 11.5 Å². The van der Waals surface area contributed by atoms with E-state index >= 15 is 0 Å². The van der Waals surface area contributed by atoms with Crippen molar-refractivity contribution in [2.45, 2.75) is 24.9 Å². The number of carbonyl (C=O) groups is 2. The van der Waals surface area contributed by atoms with Crippen LogP contribution in [0.5, 0.6) is 0 Å². The molecule has 6 N–H and O–H groups in total. The van der Waals surface area contributed by atoms with Crippen molar-refractivity contribution < 1.29 is 40.9 Å². The van der Waals surface area contributed by atoms with E-state index in [9.17, 15) is 9.59 Å². The molecule has 2 atom stereocenters. The van der Waals surface area contributed by atoms with Crippen LogP contribution in [0.25, 0.3) is 0 Å². The summed E-state index contributed by atoms with van der Waals surface area (Å²) in [5, 5.41) is 16.5. The maximum absolute atomic E-state index is 10.1. The molecule has 0 heterocycles. The number of thioether (sulfide) groups is 2. The first-order valence-corrected chi connectivity index (χ1v) is 8.10. The second-order valence-electron chi connectivity index (χ2n) is 3.45. The van der Waals surface area contributed by atoms with Gasteiger partial charge in [-0.2, -0.15) is 23.5 Å². The molecule has 0 radical (unpaired) electrons. The molecule has 9 heteroatoms. The summed E-state index contributed by atoms with van der Waals surface area (Å²) in [6, 6.07) is -1.37. The number of nitrogens with two attached hydrogens (primary N) is 2. The molecular formula is C10H22N2O4PtS2. The zero-order valence-electron chi connectivity index (χ0n) is 11.0. The Morgan fingerprint density at radius 1 is 0.947 bits per heavy atom. The number of aliphatic carboxylic acids is 2. The molecule has 6 nitrogen and oxygen atoms in total. The molecular weight excluding hydrogens is 471 g/mol. The molecule has 0 aliphatic rings. The molecule has 0 aliphatic carbocycles. The van der Waals surface area contributed by atoms with Crippen molar-refractivity contribution in [3.8, 4) is 0 Å². The maximum Gasteiger partial charge on any atom is 0.320 e. The normalized spacial score (nSPS) is 12.4. The van der Waals surface area contributed by atoms with Gasteiger partial charge in [0, 0.05) is 21.1 Å². The van der Waals surface area contributed by atoms with Crippen molar-refractivity contribution in [3.63, 3.8) is 0 Å². The minimum Gasteiger partial charge on any atom is -0.480 e. The molecule has 19 heavy (non-hydrogen) atoms. The summed E-state index contributed by atoms with van der Waals surface area (Å²) in [7, 11) is 0. The van der Waals surface area contributed by atoms with Gasteiger partial charge >= 0.3 is 11.9 Å². The van der Waals surface area contributed by atoms with Crippen molar-refractivity contribution in [3.05, 3.63) is 0 Å². The topological polar surface area (TPSA) is 127 Å². The van der Waals surface area contributed by atoms with E-state index in [4.69, 9.17) is 21.7 Å². The van der Waals surface area contributed by atoms with Crippen LogP contribution in [0.3, 0.4) is 0 Å². The first-order valence-electron chi connectivity index (χ1n) is 5.31. The van der Waals surface area contributed by atoms with Crippen LogP contribution in [-0.2, 0) is 30.7 Å². The smallest absolute Gasteiger partial charge is 0.320 e. The van der Waals surface area contributed by atoms with Crippen molar-refractivity contribution in [1.29, 1.82) is 0 Å². The Kier molecular flexibility index (Phi) is 20.8. The summed E-state index contributed by atoms with van der Waals surface area (Å²) in [6.07, 6.45) is 4.95. The molecule has 0 aromatic carbocycles. The Bertz CT molecular complexity index is 224. The molecule has 118 valence electrons. The Labute approximate surface area is 136 Å². The predicted molar refractivity (Wildman–Crippen MR) is 77.2 cm³/mol. The second kappa shape index (κ2) is 16.3. The van der Waals surface area contributed by atoms with E-state index in [-0.39, 0.29) is 21.1 Å². The van der Waals surface area contributed by atoms with Crippen LogP contribution in [-0.4, -0.2) is 58.3 Å². The van der Waals surface area contributed by atoms with Crippen LogP contribution >= 0.6 is 23.5 Å². The second-order valence-corrected chi connectivity index (χ2v) is 5.42. The Morgan fingerprint density at radius 3 is 1.37 bits per heavy atom. The van der Waals surface area contributed by atoms with E-state index in [0.29, 0.717) is 12.8 Å². The molecule has 0 aliphatic heterocycles. The number of carboxylic acid groups (broad SMARTS) is 2. The summed E-state index contributed by atoms with van der Waals surface area (Å²) in [4.78, 5) is 20.1. The first-order chi connectivity index (χ1) is 8.36. The van der Waals surface area contributed by atoms with Gasteiger partial charge in [0.25, 0.3) is 0 Å². The third kappa shape index (κ3) is 18.2. The van der Waals surface area contributed by atoms with Gasteiger partial charge in [0.2, 0.25) is 0 Å². The zero-order valence-corrected chi connectivity index (χ0v) is 14.9. The van der Waals surface area contributed by atoms with Crippen LogP contribution in [0.15, 0.2) is 0 Å². The van der Waals surface area contributed by atoms with Gasteiger partial charge in [-0.3, -0.25) is 9.59 Å². The Hall–Kier alpha value is 0.248. The third-order valence-electron chi connectivity index (χ3n) is 1.90. The minimum absolute atomic E-state index is 0. The van der Waals surface area contributed by atoms with Crippen molar-refractivity contribution in [1.82, 2.24) is 0 Å². The average Bonchev–Trinajstić information content (AvgIpc) is 2.33. The van der Waals surface area contributed by atoms with Crippen molar-refractivity contribution in [2.24, 2.45) is 11.5 Å². The van der Waals surface area contributed by atoms with Gasteiger partial charge in [0.05, 0.1) is 0 Å². The third-order valence-corrected chi connectivity index (χ3v) is 3.19. The van der Waals surface area contributed by atoms with E-state index in [1.54, 1.807) is 23.5 Å². The minimum atomic E-state index is -0.913. The summed E-state index contributed by atoms with van der Waals surface area (Å²) >= 11 is 3.21. The molecule has 0 saturated heterocycles. The van der Waals surface area contributed by atoms with E-state index in [1.807, 2.05) is 12.5 Å². The van der Waals surface area contributed by atoms with Gasteiger partial charge in [-0.15, -0.1) is 0 Å². The first kappa shape index (κ1) is 24.3. The quantitative estimate of drug-likeness (QED) is 0.381. The number of hydrogen-bond acceptors (Lipinski definition) is 6. The van der Waals surface area contributed by atoms with Gasteiger partial charge < -0.3 is 21.7 Å². The molecule has 0 rings (SSSR count). The molecule has 0 aromatic rings. The number of hydrogen-bond donors (Lipinski definition) is 4. The zero-order chi connectivity index (χ0) is 14.6. The number of carboxylic acids is 2. The van der Waals surface area contributed by atoms with Gasteiger partial charge in [-0.1, -0.05) is 0 Å². The van der Waals surface area contributed by atoms with Gasteiger partial charge in [0.15, 0.2) is 0 Å². The molecule has 0 bridgehead atoms. The average molecular weight is 494 g/mol. The largest absolute Gasteiger partial charge is 0.480 e. The van der Waals surface area contributed by atoms with Gasteiger partial charge in [-0.25, -0.2) is 0 Å². The fraction of sp³-hybridized carbons (Fsp3) is 0.800. The molecule has 0 spiro atoms. The van der Waals surface area contributed by atoms with Crippen molar-refractivity contribution >= 4 is 35.5 Å². The van der Waals surface area contributed by atoms with Crippen LogP contribution in [0.1, 0.15) is 12.8 Å². The van der Waals surface area contributed by atoms with Crippen LogP contribution in [0.2, 0.25) is 0 Å². The van der Waals surface area contributed by atoms with E-state index in [1.165, 1.54) is 0 Å². The van der Waals surface area contributed by atoms with Crippen molar-refractivity contribution in [2.75, 3.05) is 24.0 Å². The summed E-state index contributed by atoms with van der Waals surface area (Å²) in [6.45, 7) is 0. The van der Waals surface area contributed by atoms with E-state index in [0.717, 1.165) is 11.5 Å². The molecule has 0 fully saturated rings. The summed E-state index contributed by atoms with van der Waals surface area (Å²) in [5.41, 5.74) is 10.4. The molecule has 0 amide bonds. The monoisotopic (exact) mass is 493 g/mol. The SMILES string of the molecule is CSCC[C@H](N)C(=O)O.CSCC[C@H](N)C(=O)O.[Pt]. The molecule has 0 aromatic heterocycles. The van der Waals surface area contributed by atoms with Gasteiger partial charge in [0.1, 0.15) is 12.1 Å². The summed E-state index contributed by atoms with van der Waals surface area (Å²) in [5.74, 6) is -0.200. The maximum atomic E-state index is 10.1. The predicted octanol–water partition coefficient (Wildman–Crippen LogP) is 0.300. The number of rotatable bonds is 8. The molecule has 0 saturated carbocycles. The van der Waals surface area contributed by atoms with Gasteiger partial charge in [-0.05, 0) is 36.9 Å². The standard InChI is InChI=1S/2C5H11NO2S.Pt/c2*1-9-3-2-4(6)5(7)8;/h2*4H,2-3,6H2,1H3,(H,7,8);/t2*4-;/m00./s1. The summed E-state index contributed by atoms with van der Waals surface area (Å²) < 4.78 is 0. The Morgan fingerprint density at radius 2 is 1.21 bits per heavy atom. The fourth-order valence-electron chi connectivity index (χ4n) is 0.737. The Balaban J connectivity index is -0.000000256. The van der Waals surface area contributed by atoms with E-state index in [2.05, 4.69) is 0 Å². The van der Waals surface area contributed by atoms with E-state index < -0.39 is 24.0 Å².